The number of hydrogen-bond donors (Lipinski definition) is 3. The van der Waals surface area contributed by atoms with E-state index in [2.05, 4.69) is 16.0 Å². The van der Waals surface area contributed by atoms with Crippen LogP contribution in [-0.2, 0) is 4.79 Å². The first-order valence-electron chi connectivity index (χ1n) is 8.38. The van der Waals surface area contributed by atoms with Crippen molar-refractivity contribution in [1.82, 2.24) is 10.6 Å². The number of hydrogen-bond acceptors (Lipinski definition) is 3. The number of benzene rings is 1. The molecule has 0 bridgehead atoms. The molecule has 6 heteroatoms. The maximum atomic E-state index is 12.1. The van der Waals surface area contributed by atoms with Gasteiger partial charge in [0.1, 0.15) is 11.8 Å². The third-order valence-electron chi connectivity index (χ3n) is 3.56. The highest BCUT2D eigenvalue weighted by Gasteiger charge is 2.17. The monoisotopic (exact) mass is 335 g/mol. The highest BCUT2D eigenvalue weighted by atomic mass is 16.5. The van der Waals surface area contributed by atoms with E-state index in [-0.39, 0.29) is 18.1 Å². The second kappa shape index (κ2) is 9.15. The van der Waals surface area contributed by atoms with Gasteiger partial charge >= 0.3 is 6.03 Å². The predicted molar refractivity (Wildman–Crippen MR) is 96.5 cm³/mol. The number of carbonyl (C=O) groups is 2. The molecule has 1 aromatic rings. The molecular formula is C18H29N3O3. The molecule has 0 aliphatic rings. The van der Waals surface area contributed by atoms with Gasteiger partial charge in [-0.15, -0.1) is 0 Å². The van der Waals surface area contributed by atoms with E-state index in [1.54, 1.807) is 13.0 Å². The van der Waals surface area contributed by atoms with Gasteiger partial charge in [0.15, 0.2) is 0 Å². The summed E-state index contributed by atoms with van der Waals surface area (Å²) in [6.07, 6.45) is 0.936. The zero-order chi connectivity index (χ0) is 18.3. The van der Waals surface area contributed by atoms with Crippen LogP contribution in [0.5, 0.6) is 5.75 Å². The molecule has 0 aliphatic carbocycles. The average Bonchev–Trinajstić information content (AvgIpc) is 2.49. The van der Waals surface area contributed by atoms with E-state index in [1.807, 2.05) is 46.8 Å². The van der Waals surface area contributed by atoms with Crippen molar-refractivity contribution in [3.63, 3.8) is 0 Å². The van der Waals surface area contributed by atoms with Crippen LogP contribution in [-0.4, -0.2) is 30.1 Å². The van der Waals surface area contributed by atoms with E-state index in [4.69, 9.17) is 4.74 Å². The van der Waals surface area contributed by atoms with Gasteiger partial charge in [-0.1, -0.05) is 6.92 Å². The molecule has 0 saturated carbocycles. The predicted octanol–water partition coefficient (Wildman–Crippen LogP) is 3.21. The van der Waals surface area contributed by atoms with Crippen LogP contribution in [0.4, 0.5) is 10.5 Å². The van der Waals surface area contributed by atoms with Gasteiger partial charge in [0.25, 0.3) is 0 Å². The van der Waals surface area contributed by atoms with Crippen molar-refractivity contribution in [2.75, 3.05) is 5.32 Å². The number of nitrogens with one attached hydrogen (secondary N) is 3. The van der Waals surface area contributed by atoms with E-state index >= 15 is 0 Å². The molecule has 134 valence electrons. The van der Waals surface area contributed by atoms with E-state index in [0.29, 0.717) is 5.69 Å². The minimum absolute atomic E-state index is 0.0838. The van der Waals surface area contributed by atoms with Crippen molar-refractivity contribution in [2.45, 2.75) is 66.2 Å². The van der Waals surface area contributed by atoms with Gasteiger partial charge in [-0.3, -0.25) is 4.79 Å². The molecule has 1 rings (SSSR count). The van der Waals surface area contributed by atoms with Crippen molar-refractivity contribution >= 4 is 17.6 Å². The van der Waals surface area contributed by atoms with Crippen LogP contribution < -0.4 is 20.7 Å². The summed E-state index contributed by atoms with van der Waals surface area (Å²) in [5.41, 5.74) is 1.57. The molecule has 6 nitrogen and oxygen atoms in total. The lowest BCUT2D eigenvalue weighted by Crippen LogP contribution is -2.48. The Morgan fingerprint density at radius 3 is 2.33 bits per heavy atom. The van der Waals surface area contributed by atoms with Crippen molar-refractivity contribution in [1.29, 1.82) is 0 Å². The van der Waals surface area contributed by atoms with E-state index in [9.17, 15) is 9.59 Å². The smallest absolute Gasteiger partial charge is 0.319 e. The summed E-state index contributed by atoms with van der Waals surface area (Å²) in [6.45, 7) is 11.4. The molecule has 2 atom stereocenters. The Labute approximate surface area is 144 Å². The standard InChI is InChI=1S/C18H29N3O3/c1-7-13(5)19-17(22)14(6)20-18(23)21-16-9-8-15(10-12(16)4)24-11(2)3/h8-11,13-14H,7H2,1-6H3,(H,19,22)(H2,20,21,23). The SMILES string of the molecule is CCC(C)NC(=O)C(C)NC(=O)Nc1ccc(OC(C)C)cc1C. The minimum Gasteiger partial charge on any atom is -0.491 e. The average molecular weight is 335 g/mol. The summed E-state index contributed by atoms with van der Waals surface area (Å²) in [5, 5.41) is 8.23. The molecule has 1 aromatic carbocycles. The molecule has 0 aromatic heterocycles. The molecule has 0 fully saturated rings. The first-order valence-corrected chi connectivity index (χ1v) is 8.38. The molecule has 0 heterocycles. The number of amides is 3. The summed E-state index contributed by atoms with van der Waals surface area (Å²) in [4.78, 5) is 24.0. The van der Waals surface area contributed by atoms with Gasteiger partial charge < -0.3 is 20.7 Å². The number of carbonyl (C=O) groups excluding carboxylic acids is 2. The molecule has 2 unspecified atom stereocenters. The normalized spacial score (nSPS) is 13.1. The van der Waals surface area contributed by atoms with Gasteiger partial charge in [-0.2, -0.15) is 0 Å². The molecule has 3 N–H and O–H groups in total. The van der Waals surface area contributed by atoms with E-state index < -0.39 is 12.1 Å². The quantitative estimate of drug-likeness (QED) is 0.716. The molecule has 0 saturated heterocycles. The molecule has 0 spiro atoms. The fourth-order valence-electron chi connectivity index (χ4n) is 2.01. The molecule has 24 heavy (non-hydrogen) atoms. The minimum atomic E-state index is -0.608. The highest BCUT2D eigenvalue weighted by Crippen LogP contribution is 2.22. The third kappa shape index (κ3) is 6.48. The summed E-state index contributed by atoms with van der Waals surface area (Å²) in [6, 6.07) is 4.53. The fraction of sp³-hybridized carbons (Fsp3) is 0.556. The number of ether oxygens (including phenoxy) is 1. The van der Waals surface area contributed by atoms with Gasteiger partial charge in [-0.25, -0.2) is 4.79 Å². The first kappa shape index (κ1) is 19.8. The van der Waals surface area contributed by atoms with Crippen LogP contribution in [0.15, 0.2) is 18.2 Å². The van der Waals surface area contributed by atoms with Crippen LogP contribution in [0.3, 0.4) is 0 Å². The molecule has 3 amide bonds. The Bertz CT molecular complexity index is 573. The third-order valence-corrected chi connectivity index (χ3v) is 3.56. The Morgan fingerprint density at radius 1 is 1.12 bits per heavy atom. The Morgan fingerprint density at radius 2 is 1.79 bits per heavy atom. The summed E-state index contributed by atoms with van der Waals surface area (Å²) in [7, 11) is 0. The summed E-state index contributed by atoms with van der Waals surface area (Å²) < 4.78 is 5.62. The summed E-state index contributed by atoms with van der Waals surface area (Å²) in [5.74, 6) is 0.562. The van der Waals surface area contributed by atoms with Gasteiger partial charge in [0.05, 0.1) is 6.10 Å². The number of rotatable bonds is 7. The van der Waals surface area contributed by atoms with Crippen molar-refractivity contribution in [3.8, 4) is 5.75 Å². The maximum absolute atomic E-state index is 12.1. The van der Waals surface area contributed by atoms with Gasteiger partial charge in [0.2, 0.25) is 5.91 Å². The number of anilines is 1. The van der Waals surface area contributed by atoms with Crippen molar-refractivity contribution in [2.24, 2.45) is 0 Å². The first-order chi connectivity index (χ1) is 11.2. The maximum Gasteiger partial charge on any atom is 0.319 e. The van der Waals surface area contributed by atoms with Gasteiger partial charge in [0, 0.05) is 11.7 Å². The zero-order valence-corrected chi connectivity index (χ0v) is 15.4. The van der Waals surface area contributed by atoms with Crippen molar-refractivity contribution in [3.05, 3.63) is 23.8 Å². The van der Waals surface area contributed by atoms with Crippen LogP contribution in [0, 0.1) is 6.92 Å². The largest absolute Gasteiger partial charge is 0.491 e. The lowest BCUT2D eigenvalue weighted by Gasteiger charge is -2.18. The molecule has 0 radical (unpaired) electrons. The van der Waals surface area contributed by atoms with Gasteiger partial charge in [-0.05, 0) is 64.8 Å². The zero-order valence-electron chi connectivity index (χ0n) is 15.4. The topological polar surface area (TPSA) is 79.5 Å². The highest BCUT2D eigenvalue weighted by molar-refractivity contribution is 5.94. The number of urea groups is 1. The second-order valence-electron chi connectivity index (χ2n) is 6.28. The van der Waals surface area contributed by atoms with Crippen LogP contribution >= 0.6 is 0 Å². The summed E-state index contributed by atoms with van der Waals surface area (Å²) >= 11 is 0. The fourth-order valence-corrected chi connectivity index (χ4v) is 2.01. The molecule has 0 aliphatic heterocycles. The Hall–Kier alpha value is -2.24. The lowest BCUT2D eigenvalue weighted by molar-refractivity contribution is -0.123. The Balaban J connectivity index is 2.60. The van der Waals surface area contributed by atoms with Crippen LogP contribution in [0.25, 0.3) is 0 Å². The second-order valence-corrected chi connectivity index (χ2v) is 6.28. The lowest BCUT2D eigenvalue weighted by atomic mass is 10.2. The van der Waals surface area contributed by atoms with Crippen molar-refractivity contribution < 1.29 is 14.3 Å². The molecular weight excluding hydrogens is 306 g/mol. The van der Waals surface area contributed by atoms with Crippen LogP contribution in [0.1, 0.15) is 46.6 Å². The van der Waals surface area contributed by atoms with E-state index in [1.165, 1.54) is 0 Å². The number of aryl methyl sites for hydroxylation is 1. The Kier molecular flexibility index (Phi) is 7.55. The van der Waals surface area contributed by atoms with E-state index in [0.717, 1.165) is 17.7 Å². The van der Waals surface area contributed by atoms with Crippen LogP contribution in [0.2, 0.25) is 0 Å².